The number of carbonyl (C=O) groups is 1. The third-order valence-corrected chi connectivity index (χ3v) is 4.81. The third-order valence-electron chi connectivity index (χ3n) is 3.95. The van der Waals surface area contributed by atoms with E-state index >= 15 is 0 Å². The number of nitrogens with zero attached hydrogens (tertiary/aromatic N) is 2. The van der Waals surface area contributed by atoms with Crippen LogP contribution in [0, 0.1) is 0 Å². The highest BCUT2D eigenvalue weighted by molar-refractivity contribution is 7.09. The molecule has 4 nitrogen and oxygen atoms in total. The molecule has 0 aromatic carbocycles. The van der Waals surface area contributed by atoms with Gasteiger partial charge in [0.15, 0.2) is 0 Å². The van der Waals surface area contributed by atoms with Crippen LogP contribution in [0.5, 0.6) is 0 Å². The zero-order valence-electron chi connectivity index (χ0n) is 11.2. The molecule has 2 fully saturated rings. The van der Waals surface area contributed by atoms with Crippen molar-refractivity contribution in [2.24, 2.45) is 0 Å². The van der Waals surface area contributed by atoms with E-state index < -0.39 is 0 Å². The maximum atomic E-state index is 11.7. The molecule has 0 spiro atoms. The number of carbonyl (C=O) groups excluding carboxylic acids is 1. The van der Waals surface area contributed by atoms with Gasteiger partial charge in [-0.15, -0.1) is 11.3 Å². The van der Waals surface area contributed by atoms with E-state index in [1.165, 1.54) is 4.88 Å². The van der Waals surface area contributed by atoms with Gasteiger partial charge in [0.1, 0.15) is 12.1 Å². The summed E-state index contributed by atoms with van der Waals surface area (Å²) in [5.41, 5.74) is 0. The summed E-state index contributed by atoms with van der Waals surface area (Å²) in [7, 11) is 0. The fourth-order valence-corrected chi connectivity index (χ4v) is 3.64. The van der Waals surface area contributed by atoms with Crippen LogP contribution in [0.1, 0.15) is 18.2 Å². The summed E-state index contributed by atoms with van der Waals surface area (Å²) < 4.78 is 5.25. The van der Waals surface area contributed by atoms with Crippen molar-refractivity contribution in [1.82, 2.24) is 9.80 Å². The molecule has 2 saturated heterocycles. The van der Waals surface area contributed by atoms with Crippen molar-refractivity contribution in [2.45, 2.75) is 32.0 Å². The second-order valence-electron chi connectivity index (χ2n) is 5.39. The highest BCUT2D eigenvalue weighted by Gasteiger charge is 2.37. The van der Waals surface area contributed by atoms with Crippen molar-refractivity contribution in [1.29, 1.82) is 0 Å². The molecule has 2 unspecified atom stereocenters. The lowest BCUT2D eigenvalue weighted by Crippen LogP contribution is -2.51. The van der Waals surface area contributed by atoms with Crippen molar-refractivity contribution in [2.75, 3.05) is 26.2 Å². The van der Waals surface area contributed by atoms with Gasteiger partial charge in [-0.2, -0.15) is 0 Å². The smallest absolute Gasteiger partial charge is 0.323 e. The Morgan fingerprint density at radius 3 is 2.74 bits per heavy atom. The summed E-state index contributed by atoms with van der Waals surface area (Å²) in [6.07, 6.45) is 0.936. The molecule has 3 heterocycles. The van der Waals surface area contributed by atoms with E-state index in [0.717, 1.165) is 39.1 Å². The molecular weight excluding hydrogens is 260 g/mol. The van der Waals surface area contributed by atoms with Crippen molar-refractivity contribution >= 4 is 17.3 Å². The lowest BCUT2D eigenvalue weighted by atomic mass is 10.1. The second kappa shape index (κ2) is 5.61. The predicted octanol–water partition coefficient (Wildman–Crippen LogP) is 1.57. The molecule has 2 atom stereocenters. The van der Waals surface area contributed by atoms with Crippen LogP contribution in [0.3, 0.4) is 0 Å². The number of rotatable bonds is 3. The van der Waals surface area contributed by atoms with E-state index in [1.807, 2.05) is 18.3 Å². The first-order valence-electron chi connectivity index (χ1n) is 6.91. The highest BCUT2D eigenvalue weighted by atomic mass is 32.1. The summed E-state index contributed by atoms with van der Waals surface area (Å²) in [4.78, 5) is 17.9. The van der Waals surface area contributed by atoms with E-state index in [2.05, 4.69) is 27.3 Å². The van der Waals surface area contributed by atoms with Gasteiger partial charge in [-0.25, -0.2) is 0 Å². The van der Waals surface area contributed by atoms with Crippen LogP contribution in [0.2, 0.25) is 0 Å². The third kappa shape index (κ3) is 2.99. The zero-order valence-corrected chi connectivity index (χ0v) is 12.1. The van der Waals surface area contributed by atoms with Crippen LogP contribution < -0.4 is 0 Å². The molecule has 3 rings (SSSR count). The summed E-state index contributed by atoms with van der Waals surface area (Å²) in [5, 5.41) is 2.13. The topological polar surface area (TPSA) is 32.8 Å². The van der Waals surface area contributed by atoms with Crippen LogP contribution in [0.25, 0.3) is 0 Å². The number of hydrogen-bond donors (Lipinski definition) is 0. The lowest BCUT2D eigenvalue weighted by molar-refractivity contribution is -0.145. The predicted molar refractivity (Wildman–Crippen MR) is 75.1 cm³/mol. The first kappa shape index (κ1) is 13.1. The van der Waals surface area contributed by atoms with Crippen LogP contribution >= 0.6 is 11.3 Å². The normalized spacial score (nSPS) is 29.6. The van der Waals surface area contributed by atoms with E-state index in [0.29, 0.717) is 0 Å². The van der Waals surface area contributed by atoms with Gasteiger partial charge in [0, 0.05) is 44.0 Å². The summed E-state index contributed by atoms with van der Waals surface area (Å²) in [6.45, 7) is 7.03. The molecule has 0 saturated carbocycles. The Bertz CT molecular complexity index is 427. The number of ether oxygens (including phenoxy) is 1. The van der Waals surface area contributed by atoms with Gasteiger partial charge in [-0.05, 0) is 18.4 Å². The van der Waals surface area contributed by atoms with Gasteiger partial charge in [0.25, 0.3) is 0 Å². The number of cyclic esters (lactones) is 1. The van der Waals surface area contributed by atoms with Gasteiger partial charge < -0.3 is 4.74 Å². The van der Waals surface area contributed by atoms with Gasteiger partial charge in [-0.3, -0.25) is 14.6 Å². The molecule has 0 aliphatic carbocycles. The Morgan fingerprint density at radius 2 is 2.16 bits per heavy atom. The largest absolute Gasteiger partial charge is 0.461 e. The Hall–Kier alpha value is -0.910. The van der Waals surface area contributed by atoms with Gasteiger partial charge in [-0.1, -0.05) is 6.07 Å². The summed E-state index contributed by atoms with van der Waals surface area (Å²) >= 11 is 1.81. The second-order valence-corrected chi connectivity index (χ2v) is 6.42. The first-order valence-corrected chi connectivity index (χ1v) is 7.79. The molecule has 104 valence electrons. The molecule has 0 radical (unpaired) electrons. The fourth-order valence-electron chi connectivity index (χ4n) is 2.89. The molecule has 5 heteroatoms. The maximum Gasteiger partial charge on any atom is 0.323 e. The van der Waals surface area contributed by atoms with Crippen molar-refractivity contribution in [3.63, 3.8) is 0 Å². The average Bonchev–Trinajstić information content (AvgIpc) is 3.00. The van der Waals surface area contributed by atoms with E-state index in [9.17, 15) is 4.79 Å². The zero-order chi connectivity index (χ0) is 13.2. The lowest BCUT2D eigenvalue weighted by Gasteiger charge is -2.36. The van der Waals surface area contributed by atoms with Crippen molar-refractivity contribution < 1.29 is 9.53 Å². The summed E-state index contributed by atoms with van der Waals surface area (Å²) in [5.74, 6) is -0.0285. The van der Waals surface area contributed by atoms with Crippen molar-refractivity contribution in [3.05, 3.63) is 22.4 Å². The molecular formula is C14H20N2O2S. The Morgan fingerprint density at radius 1 is 1.37 bits per heavy atom. The highest BCUT2D eigenvalue weighted by Crippen LogP contribution is 2.22. The van der Waals surface area contributed by atoms with E-state index in [4.69, 9.17) is 4.74 Å². The monoisotopic (exact) mass is 280 g/mol. The van der Waals surface area contributed by atoms with E-state index in [-0.39, 0.29) is 18.1 Å². The van der Waals surface area contributed by atoms with E-state index in [1.54, 1.807) is 0 Å². The van der Waals surface area contributed by atoms with Crippen LogP contribution in [-0.2, 0) is 16.1 Å². The fraction of sp³-hybridized carbons (Fsp3) is 0.643. The van der Waals surface area contributed by atoms with Gasteiger partial charge in [0.05, 0.1) is 0 Å². The average molecular weight is 280 g/mol. The number of piperazine rings is 1. The van der Waals surface area contributed by atoms with Gasteiger partial charge >= 0.3 is 5.97 Å². The van der Waals surface area contributed by atoms with Crippen LogP contribution in [0.15, 0.2) is 17.5 Å². The van der Waals surface area contributed by atoms with Gasteiger partial charge in [0.2, 0.25) is 0 Å². The molecule has 19 heavy (non-hydrogen) atoms. The maximum absolute atomic E-state index is 11.7. The summed E-state index contributed by atoms with van der Waals surface area (Å²) in [6, 6.07) is 4.29. The molecule has 0 bridgehead atoms. The minimum absolute atomic E-state index is 0.00103. The Balaban J connectivity index is 1.51. The minimum Gasteiger partial charge on any atom is -0.461 e. The van der Waals surface area contributed by atoms with Crippen LogP contribution in [-0.4, -0.2) is 54.1 Å². The molecule has 2 aliphatic rings. The SMILES string of the molecule is CC1CC(N2CCN(Cc3cccs3)CC2)C(=O)O1. The first-order chi connectivity index (χ1) is 9.22. The Kier molecular flexibility index (Phi) is 3.86. The number of esters is 1. The standard InChI is InChI=1S/C14H20N2O2S/c1-11-9-13(14(17)18-11)16-6-4-15(5-7-16)10-12-3-2-8-19-12/h2-3,8,11,13H,4-7,9-10H2,1H3. The molecule has 0 amide bonds. The number of thiophene rings is 1. The molecule has 2 aliphatic heterocycles. The molecule has 1 aromatic heterocycles. The molecule has 1 aromatic rings. The number of hydrogen-bond acceptors (Lipinski definition) is 5. The molecule has 0 N–H and O–H groups in total. The van der Waals surface area contributed by atoms with Crippen LogP contribution in [0.4, 0.5) is 0 Å². The van der Waals surface area contributed by atoms with Crippen molar-refractivity contribution in [3.8, 4) is 0 Å². The Labute approximate surface area is 118 Å². The minimum atomic E-state index is -0.0285. The quantitative estimate of drug-likeness (QED) is 0.787.